The number of amides is 2. The minimum absolute atomic E-state index is 0.0496. The third-order valence-electron chi connectivity index (χ3n) is 5.81. The Labute approximate surface area is 199 Å². The van der Waals surface area contributed by atoms with Gasteiger partial charge in [0.15, 0.2) is 0 Å². The summed E-state index contributed by atoms with van der Waals surface area (Å²) in [6, 6.07) is 23.9. The Morgan fingerprint density at radius 2 is 1.85 bits per heavy atom. The molecule has 168 valence electrons. The van der Waals surface area contributed by atoms with Crippen LogP contribution in [0.4, 0.5) is 5.69 Å². The first-order valence-corrected chi connectivity index (χ1v) is 12.0. The Kier molecular flexibility index (Phi) is 6.99. The molecule has 0 aromatic heterocycles. The van der Waals surface area contributed by atoms with Crippen molar-refractivity contribution in [1.29, 1.82) is 0 Å². The number of benzene rings is 3. The summed E-state index contributed by atoms with van der Waals surface area (Å²) >= 11 is 1.45. The molecule has 1 aliphatic heterocycles. The molecule has 0 saturated heterocycles. The number of fused-ring (bicyclic) bond motifs is 1. The Morgan fingerprint density at radius 3 is 2.58 bits per heavy atom. The molecule has 0 spiro atoms. The second kappa shape index (κ2) is 10.1. The third-order valence-corrected chi connectivity index (χ3v) is 6.89. The van der Waals surface area contributed by atoms with E-state index in [9.17, 15) is 9.59 Å². The van der Waals surface area contributed by atoms with E-state index in [1.54, 1.807) is 11.9 Å². The van der Waals surface area contributed by atoms with Crippen LogP contribution in [-0.2, 0) is 11.2 Å². The number of likely N-dealkylation sites (N-methyl/N-ethyl adjacent to an activating group) is 1. The Balaban J connectivity index is 1.52. The van der Waals surface area contributed by atoms with Crippen molar-refractivity contribution in [1.82, 2.24) is 5.32 Å². The Hall–Kier alpha value is -3.31. The van der Waals surface area contributed by atoms with Gasteiger partial charge in [-0.15, -0.1) is 0 Å². The first-order valence-electron chi connectivity index (χ1n) is 11.2. The number of nitrogens with one attached hydrogen (secondary N) is 1. The lowest BCUT2D eigenvalue weighted by Crippen LogP contribution is -2.36. The van der Waals surface area contributed by atoms with E-state index >= 15 is 0 Å². The van der Waals surface area contributed by atoms with Crippen molar-refractivity contribution in [3.8, 4) is 0 Å². The maximum Gasteiger partial charge on any atom is 0.264 e. The molecule has 3 aromatic carbocycles. The molecule has 4 rings (SSSR count). The number of nitrogens with zero attached hydrogens (tertiary/aromatic N) is 1. The van der Waals surface area contributed by atoms with Crippen LogP contribution in [0.5, 0.6) is 0 Å². The van der Waals surface area contributed by atoms with Gasteiger partial charge in [0.05, 0.1) is 10.6 Å². The maximum atomic E-state index is 13.0. The fourth-order valence-corrected chi connectivity index (χ4v) is 5.00. The highest BCUT2D eigenvalue weighted by atomic mass is 32.2. The van der Waals surface area contributed by atoms with Gasteiger partial charge >= 0.3 is 0 Å². The van der Waals surface area contributed by atoms with E-state index in [1.165, 1.54) is 17.3 Å². The number of hydrogen-bond acceptors (Lipinski definition) is 3. The summed E-state index contributed by atoms with van der Waals surface area (Å²) in [4.78, 5) is 29.3. The lowest BCUT2D eigenvalue weighted by molar-refractivity contribution is -0.114. The largest absolute Gasteiger partial charge is 0.349 e. The van der Waals surface area contributed by atoms with E-state index in [0.29, 0.717) is 10.5 Å². The SMILES string of the molecule is CC[C@H](Cc1ccccc1)NC(=O)c1ccc2c(c1)N(C)C(=O)/C(=C\c1cccc(C)c1)S2. The molecule has 0 fully saturated rings. The van der Waals surface area contributed by atoms with Gasteiger partial charge in [-0.3, -0.25) is 9.59 Å². The minimum Gasteiger partial charge on any atom is -0.349 e. The van der Waals surface area contributed by atoms with Crippen molar-refractivity contribution in [3.05, 3.63) is 100.0 Å². The average molecular weight is 457 g/mol. The van der Waals surface area contributed by atoms with Gasteiger partial charge in [0.25, 0.3) is 11.8 Å². The van der Waals surface area contributed by atoms with E-state index < -0.39 is 0 Å². The summed E-state index contributed by atoms with van der Waals surface area (Å²) < 4.78 is 0. The fourth-order valence-electron chi connectivity index (χ4n) is 3.91. The van der Waals surface area contributed by atoms with Gasteiger partial charge in [0.1, 0.15) is 0 Å². The lowest BCUT2D eigenvalue weighted by atomic mass is 10.0. The van der Waals surface area contributed by atoms with Crippen molar-refractivity contribution < 1.29 is 9.59 Å². The molecule has 33 heavy (non-hydrogen) atoms. The first kappa shape index (κ1) is 22.9. The second-order valence-electron chi connectivity index (χ2n) is 8.34. The van der Waals surface area contributed by atoms with Crippen LogP contribution in [0.15, 0.2) is 82.6 Å². The number of carbonyl (C=O) groups excluding carboxylic acids is 2. The van der Waals surface area contributed by atoms with Crippen molar-refractivity contribution >= 4 is 35.3 Å². The molecule has 0 radical (unpaired) electrons. The highest BCUT2D eigenvalue weighted by Gasteiger charge is 2.27. The quantitative estimate of drug-likeness (QED) is 0.473. The zero-order chi connectivity index (χ0) is 23.4. The number of rotatable bonds is 6. The second-order valence-corrected chi connectivity index (χ2v) is 9.42. The van der Waals surface area contributed by atoms with Gasteiger partial charge in [-0.25, -0.2) is 0 Å². The summed E-state index contributed by atoms with van der Waals surface area (Å²) in [7, 11) is 1.76. The van der Waals surface area contributed by atoms with E-state index in [-0.39, 0.29) is 17.9 Å². The molecule has 0 saturated carbocycles. The Bertz CT molecular complexity index is 1200. The molecule has 1 heterocycles. The number of hydrogen-bond donors (Lipinski definition) is 1. The summed E-state index contributed by atoms with van der Waals surface area (Å²) in [5, 5.41) is 3.15. The predicted octanol–water partition coefficient (Wildman–Crippen LogP) is 5.86. The predicted molar refractivity (Wildman–Crippen MR) is 137 cm³/mol. The highest BCUT2D eigenvalue weighted by Crippen LogP contribution is 2.42. The van der Waals surface area contributed by atoms with Crippen LogP contribution in [0.2, 0.25) is 0 Å². The van der Waals surface area contributed by atoms with Gasteiger partial charge in [-0.2, -0.15) is 0 Å². The van der Waals surface area contributed by atoms with E-state index in [0.717, 1.165) is 34.6 Å². The molecule has 3 aromatic rings. The molecule has 1 aliphatic rings. The Morgan fingerprint density at radius 1 is 1.06 bits per heavy atom. The van der Waals surface area contributed by atoms with Gasteiger partial charge in [0.2, 0.25) is 0 Å². The maximum absolute atomic E-state index is 13.0. The van der Waals surface area contributed by atoms with Crippen LogP contribution in [0.25, 0.3) is 6.08 Å². The molecule has 2 amide bonds. The first-order chi connectivity index (χ1) is 15.9. The van der Waals surface area contributed by atoms with Crippen LogP contribution >= 0.6 is 11.8 Å². The van der Waals surface area contributed by atoms with Crippen LogP contribution < -0.4 is 10.2 Å². The number of aryl methyl sites for hydroxylation is 1. The van der Waals surface area contributed by atoms with Gasteiger partial charge < -0.3 is 10.2 Å². The summed E-state index contributed by atoms with van der Waals surface area (Å²) in [5.74, 6) is -0.186. The minimum atomic E-state index is -0.118. The van der Waals surface area contributed by atoms with E-state index in [4.69, 9.17) is 0 Å². The lowest BCUT2D eigenvalue weighted by Gasteiger charge is -2.27. The topological polar surface area (TPSA) is 49.4 Å². The molecule has 1 N–H and O–H groups in total. The number of thioether (sulfide) groups is 1. The van der Waals surface area contributed by atoms with Gasteiger partial charge in [-0.05, 0) is 55.2 Å². The fraction of sp³-hybridized carbons (Fsp3) is 0.214. The summed E-state index contributed by atoms with van der Waals surface area (Å²) in [6.07, 6.45) is 3.55. The summed E-state index contributed by atoms with van der Waals surface area (Å²) in [5.41, 5.74) is 4.67. The third kappa shape index (κ3) is 5.37. The highest BCUT2D eigenvalue weighted by molar-refractivity contribution is 8.04. The molecular formula is C28H28N2O2S. The molecule has 0 bridgehead atoms. The van der Waals surface area contributed by atoms with E-state index in [2.05, 4.69) is 30.4 Å². The number of carbonyl (C=O) groups is 2. The van der Waals surface area contributed by atoms with Gasteiger partial charge in [-0.1, -0.05) is 78.8 Å². The average Bonchev–Trinajstić information content (AvgIpc) is 2.82. The van der Waals surface area contributed by atoms with Crippen molar-refractivity contribution in [3.63, 3.8) is 0 Å². The molecule has 0 unspecified atom stereocenters. The molecular weight excluding hydrogens is 428 g/mol. The smallest absolute Gasteiger partial charge is 0.264 e. The van der Waals surface area contributed by atoms with Crippen LogP contribution in [0.3, 0.4) is 0 Å². The van der Waals surface area contributed by atoms with Crippen molar-refractivity contribution in [2.24, 2.45) is 0 Å². The van der Waals surface area contributed by atoms with Crippen LogP contribution in [0.1, 0.15) is 40.4 Å². The number of anilines is 1. The standard InChI is InChI=1S/C28H28N2O2S/c1-4-23(16-20-10-6-5-7-11-20)29-27(31)22-13-14-25-24(18-22)30(3)28(32)26(33-25)17-21-12-8-9-19(2)15-21/h5-15,17-18,23H,4,16H2,1-3H3,(H,29,31)/b26-17+/t23-/m1/s1. The van der Waals surface area contributed by atoms with Crippen molar-refractivity contribution in [2.45, 2.75) is 37.6 Å². The van der Waals surface area contributed by atoms with E-state index in [1.807, 2.05) is 67.6 Å². The molecule has 0 aliphatic carbocycles. The molecule has 1 atom stereocenters. The monoisotopic (exact) mass is 456 g/mol. The zero-order valence-electron chi connectivity index (χ0n) is 19.2. The van der Waals surface area contributed by atoms with Gasteiger partial charge in [0, 0.05) is 23.5 Å². The molecule has 5 heteroatoms. The van der Waals surface area contributed by atoms with Crippen molar-refractivity contribution in [2.75, 3.05) is 11.9 Å². The van der Waals surface area contributed by atoms with Crippen LogP contribution in [-0.4, -0.2) is 24.9 Å². The zero-order valence-corrected chi connectivity index (χ0v) is 20.0. The normalized spacial score (nSPS) is 15.3. The summed E-state index contributed by atoms with van der Waals surface area (Å²) in [6.45, 7) is 4.11. The van der Waals surface area contributed by atoms with Crippen LogP contribution in [0, 0.1) is 6.92 Å². The molecule has 4 nitrogen and oxygen atoms in total.